The number of aromatic nitrogens is 3. The highest BCUT2D eigenvalue weighted by Gasteiger charge is 2.80. The summed E-state index contributed by atoms with van der Waals surface area (Å²) in [5, 5.41) is 87.8. The normalized spacial score (nSPS) is 23.0. The van der Waals surface area contributed by atoms with E-state index in [1.165, 1.54) is 16.8 Å². The van der Waals surface area contributed by atoms with Crippen LogP contribution in [0.5, 0.6) is 0 Å². The molecule has 36 rings (SSSR count). The quantitative estimate of drug-likeness (QED) is 0.165. The van der Waals surface area contributed by atoms with E-state index in [4.69, 9.17) is 15.0 Å². The van der Waals surface area contributed by atoms with Gasteiger partial charge in [-0.15, -0.1) is 0 Å². The number of hydrogen-bond donors (Lipinski definition) is 0. The lowest BCUT2D eigenvalue weighted by atomic mass is 9.45. The number of pyridine rings is 3. The Morgan fingerprint density at radius 2 is 0.561 bits per heavy atom. The standard InChI is InChI=1S/C78H16N4/c1-2-9-81-16(5-1)76-78-73-67-57-47-37-29-21-18-17-19-23-25(21)33-39-31(23)41-35-27(19)28-20(17)24-26-22(18)30(29)38-44-34(26)40-32(24)42-36(28)46-45(35)55-49(41)59-53(39)61(51(57)43(33)37)69(73)65(59)71-63(55)64-56(46)50(42)60-54(40)62-52(44)58(48(38)47)68(67)74(78)70(62)66(60)72(64)77(71,78)75(15-6-10-79-11-7-15)82(76)13-14-4-3-8-80-12-14/h1-12,75-76H,13H2/t75-,76-,77?,78?/m0/s1. The average molecular weight is 1010 g/mol. The molecule has 1 fully saturated rings. The molecule has 28 aromatic carbocycles. The molecule has 1 aliphatic heterocycles. The lowest BCUT2D eigenvalue weighted by Gasteiger charge is -2.53. The van der Waals surface area contributed by atoms with Gasteiger partial charge in [0.25, 0.3) is 0 Å². The molecule has 4 nitrogen and oxygen atoms in total. The van der Waals surface area contributed by atoms with Crippen LogP contribution in [0, 0.1) is 0 Å². The van der Waals surface area contributed by atoms with Crippen LogP contribution in [-0.4, -0.2) is 19.9 Å². The third kappa shape index (κ3) is 1.89. The molecule has 1 saturated heterocycles. The predicted molar refractivity (Wildman–Crippen MR) is 338 cm³/mol. The van der Waals surface area contributed by atoms with Crippen LogP contribution in [0.1, 0.15) is 51.2 Å². The molecule has 0 N–H and O–H groups in total. The molecule has 0 bridgehead atoms. The maximum Gasteiger partial charge on any atom is 0.0681 e. The van der Waals surface area contributed by atoms with E-state index in [9.17, 15) is 0 Å². The van der Waals surface area contributed by atoms with Crippen LogP contribution in [0.15, 0.2) is 73.4 Å². The van der Waals surface area contributed by atoms with Crippen molar-refractivity contribution in [3.05, 3.63) is 113 Å². The first-order valence-electron chi connectivity index (χ1n) is 30.1. The van der Waals surface area contributed by atoms with Crippen LogP contribution in [0.25, 0.3) is 291 Å². The Kier molecular flexibility index (Phi) is 3.09. The molecule has 2 atom stereocenters. The average Bonchev–Trinajstić information content (AvgIpc) is 1.46. The lowest BCUT2D eigenvalue weighted by Crippen LogP contribution is -2.52. The van der Waals surface area contributed by atoms with Crippen molar-refractivity contribution in [2.45, 2.75) is 29.5 Å². The summed E-state index contributed by atoms with van der Waals surface area (Å²) in [4.78, 5) is 18.7. The highest BCUT2D eigenvalue weighted by atomic mass is 15.3. The number of benzene rings is 18. The maximum absolute atomic E-state index is 5.81. The zero-order valence-corrected chi connectivity index (χ0v) is 42.1. The van der Waals surface area contributed by atoms with E-state index in [0.717, 1.165) is 6.54 Å². The summed E-state index contributed by atoms with van der Waals surface area (Å²) in [5.41, 5.74) is 9.38. The van der Waals surface area contributed by atoms with Gasteiger partial charge in [-0.1, -0.05) is 12.1 Å². The van der Waals surface area contributed by atoms with E-state index in [-0.39, 0.29) is 12.1 Å². The predicted octanol–water partition coefficient (Wildman–Crippen LogP) is 19.5. The third-order valence-corrected chi connectivity index (χ3v) is 28.0. The van der Waals surface area contributed by atoms with Crippen molar-refractivity contribution in [3.8, 4) is 0 Å². The molecule has 0 saturated carbocycles. The Balaban J connectivity index is 1.05. The first kappa shape index (κ1) is 32.2. The highest BCUT2D eigenvalue weighted by molar-refractivity contribution is 6.82. The number of rotatable bonds is 4. The van der Waals surface area contributed by atoms with Crippen molar-refractivity contribution in [2.24, 2.45) is 0 Å². The fourth-order valence-electron chi connectivity index (χ4n) is 27.8. The minimum atomic E-state index is -0.580. The Labute approximate surface area is 450 Å². The molecule has 3 aromatic heterocycles. The first-order chi connectivity index (χ1) is 40.9. The second-order valence-electron chi connectivity index (χ2n) is 28.7. The Morgan fingerprint density at radius 3 is 0.829 bits per heavy atom. The summed E-state index contributed by atoms with van der Waals surface area (Å²) in [5.74, 6) is 0. The van der Waals surface area contributed by atoms with Crippen molar-refractivity contribution in [3.63, 3.8) is 0 Å². The Bertz CT molecular complexity index is 7530. The molecule has 0 amide bonds. The maximum atomic E-state index is 5.81. The second-order valence-corrected chi connectivity index (χ2v) is 28.7. The fraction of sp³-hybridized carbons (Fsp3) is 0.0641. The summed E-state index contributed by atoms with van der Waals surface area (Å²) >= 11 is 0. The molecular formula is C78H16N4. The van der Waals surface area contributed by atoms with E-state index in [2.05, 4.69) is 72.2 Å². The number of nitrogens with zero attached hydrogens (tertiary/aromatic N) is 4. The molecule has 31 aromatic rings. The molecule has 82 heavy (non-hydrogen) atoms. The highest BCUT2D eigenvalue weighted by Crippen LogP contribution is 2.89. The summed E-state index contributed by atoms with van der Waals surface area (Å²) in [6.45, 7) is 0.744. The van der Waals surface area contributed by atoms with Gasteiger partial charge in [0.2, 0.25) is 0 Å². The molecule has 0 radical (unpaired) electrons. The summed E-state index contributed by atoms with van der Waals surface area (Å²) in [7, 11) is 0. The zero-order chi connectivity index (χ0) is 49.3. The van der Waals surface area contributed by atoms with Crippen LogP contribution in [-0.2, 0) is 17.4 Å². The minimum Gasteiger partial charge on any atom is -0.281 e. The molecule has 4 aliphatic carbocycles. The molecule has 2 spiro atoms. The van der Waals surface area contributed by atoms with Gasteiger partial charge in [-0.25, -0.2) is 0 Å². The van der Waals surface area contributed by atoms with E-state index < -0.39 is 10.8 Å². The molecule has 0 unspecified atom stereocenters. The van der Waals surface area contributed by atoms with Gasteiger partial charge in [0, 0.05) is 37.5 Å². The van der Waals surface area contributed by atoms with Gasteiger partial charge in [0.1, 0.15) is 0 Å². The Hall–Kier alpha value is -10.1. The lowest BCUT2D eigenvalue weighted by molar-refractivity contribution is 0.162. The van der Waals surface area contributed by atoms with Crippen molar-refractivity contribution >= 4 is 291 Å². The molecule has 348 valence electrons. The van der Waals surface area contributed by atoms with E-state index in [1.54, 1.807) is 313 Å². The Morgan fingerprint density at radius 1 is 0.268 bits per heavy atom. The van der Waals surface area contributed by atoms with Gasteiger partial charge in [-0.3, -0.25) is 19.9 Å². The van der Waals surface area contributed by atoms with Crippen LogP contribution in [0.2, 0.25) is 0 Å². The van der Waals surface area contributed by atoms with Crippen molar-refractivity contribution in [1.29, 1.82) is 0 Å². The van der Waals surface area contributed by atoms with Gasteiger partial charge >= 0.3 is 0 Å². The largest absolute Gasteiger partial charge is 0.281 e. The van der Waals surface area contributed by atoms with Gasteiger partial charge in [0.05, 0.1) is 28.6 Å². The number of likely N-dealkylation sites (tertiary alicyclic amines) is 1. The second kappa shape index (κ2) is 7.85. The topological polar surface area (TPSA) is 41.9 Å². The van der Waals surface area contributed by atoms with Gasteiger partial charge in [-0.2, -0.15) is 0 Å². The summed E-state index contributed by atoms with van der Waals surface area (Å²) in [6.07, 6.45) is 10.5. The molecule has 4 heterocycles. The van der Waals surface area contributed by atoms with E-state index >= 15 is 0 Å². The van der Waals surface area contributed by atoms with Crippen molar-refractivity contribution in [1.82, 2.24) is 19.9 Å². The smallest absolute Gasteiger partial charge is 0.0681 e. The SMILES string of the molecule is c1ccc([C@@H]2N(Cc3cccnc3)[C@@H](c3ccncc3)C34c5c6c7c8c9c%10c(c%11c%12c3c3c5c5c%13c6c6c7c7c9c9c%14c%10c%10c%11c%11c%12c%12c3c3c5c5c%13c%13c6c6c7c9c7c9c%14c%10c%10c%11c%11c%12c3c3c5c5c%13c6c7c6c9c%10c%11c3c56)C824)nc1. The van der Waals surface area contributed by atoms with Gasteiger partial charge in [-0.05, 0) is 355 Å². The van der Waals surface area contributed by atoms with Crippen LogP contribution >= 0.6 is 0 Å². The number of hydrogen-bond acceptors (Lipinski definition) is 4. The third-order valence-electron chi connectivity index (χ3n) is 28.0. The first-order valence-corrected chi connectivity index (χ1v) is 30.1. The molecule has 4 heteroatoms. The minimum absolute atomic E-state index is 0.0848. The molecular weight excluding hydrogens is 993 g/mol. The van der Waals surface area contributed by atoms with Gasteiger partial charge < -0.3 is 0 Å². The van der Waals surface area contributed by atoms with Crippen molar-refractivity contribution < 1.29 is 0 Å². The molecule has 5 aliphatic rings. The zero-order valence-electron chi connectivity index (χ0n) is 42.1. The summed E-state index contributed by atoms with van der Waals surface area (Å²) in [6, 6.07) is 16.2. The fourth-order valence-corrected chi connectivity index (χ4v) is 27.8. The van der Waals surface area contributed by atoms with Crippen LogP contribution in [0.3, 0.4) is 0 Å². The van der Waals surface area contributed by atoms with E-state index in [0.29, 0.717) is 0 Å². The van der Waals surface area contributed by atoms with Crippen LogP contribution < -0.4 is 0 Å². The van der Waals surface area contributed by atoms with Crippen LogP contribution in [0.4, 0.5) is 0 Å². The monoisotopic (exact) mass is 1010 g/mol. The van der Waals surface area contributed by atoms with Crippen molar-refractivity contribution in [2.75, 3.05) is 0 Å². The van der Waals surface area contributed by atoms with Gasteiger partial charge in [0.15, 0.2) is 0 Å². The summed E-state index contributed by atoms with van der Waals surface area (Å²) < 4.78 is 0. The van der Waals surface area contributed by atoms with E-state index in [1.807, 2.05) is 6.20 Å².